The van der Waals surface area contributed by atoms with Crippen molar-refractivity contribution in [2.75, 3.05) is 19.6 Å². The summed E-state index contributed by atoms with van der Waals surface area (Å²) in [5.74, 6) is -0.307. The van der Waals surface area contributed by atoms with Gasteiger partial charge < -0.3 is 14.8 Å². The first kappa shape index (κ1) is 16.7. The van der Waals surface area contributed by atoms with E-state index in [1.54, 1.807) is 31.7 Å². The molecule has 0 aromatic rings. The van der Waals surface area contributed by atoms with Crippen LogP contribution in [0.5, 0.6) is 0 Å². The second kappa shape index (κ2) is 5.93. The van der Waals surface area contributed by atoms with Crippen molar-refractivity contribution in [1.82, 2.24) is 4.90 Å². The lowest BCUT2D eigenvalue weighted by atomic mass is 10.1. The fourth-order valence-corrected chi connectivity index (χ4v) is 2.07. The minimum absolute atomic E-state index is 0.0267. The molecule has 1 aliphatic heterocycles. The van der Waals surface area contributed by atoms with Crippen molar-refractivity contribution in [3.8, 4) is 0 Å². The van der Waals surface area contributed by atoms with E-state index in [2.05, 4.69) is 6.58 Å². The van der Waals surface area contributed by atoms with E-state index >= 15 is 0 Å². The summed E-state index contributed by atoms with van der Waals surface area (Å²) in [4.78, 5) is 25.9. The summed E-state index contributed by atoms with van der Waals surface area (Å²) in [5.41, 5.74) is -0.741. The number of carbonyl (C=O) groups is 2. The van der Waals surface area contributed by atoms with E-state index in [1.807, 2.05) is 0 Å². The van der Waals surface area contributed by atoms with Crippen LogP contribution in [0.25, 0.3) is 0 Å². The first-order valence-electron chi connectivity index (χ1n) is 6.84. The van der Waals surface area contributed by atoms with Gasteiger partial charge in [0.1, 0.15) is 12.1 Å². The normalized spacial score (nSPS) is 27.4. The molecule has 20 heavy (non-hydrogen) atoms. The molecule has 1 unspecified atom stereocenters. The first-order chi connectivity index (χ1) is 9.12. The minimum Gasteiger partial charge on any atom is -0.622 e. The molecule has 1 heterocycles. The van der Waals surface area contributed by atoms with Crippen molar-refractivity contribution < 1.29 is 19.0 Å². The highest BCUT2D eigenvalue weighted by Crippen LogP contribution is 2.24. The molecule has 1 fully saturated rings. The Labute approximate surface area is 120 Å². The molecular weight excluding hydrogens is 260 g/mol. The van der Waals surface area contributed by atoms with Gasteiger partial charge >= 0.3 is 6.09 Å². The third-order valence-corrected chi connectivity index (χ3v) is 3.30. The van der Waals surface area contributed by atoms with Gasteiger partial charge in [-0.05, 0) is 34.1 Å². The molecule has 0 aromatic heterocycles. The van der Waals surface area contributed by atoms with Crippen LogP contribution < -0.4 is 0 Å². The van der Waals surface area contributed by atoms with Gasteiger partial charge in [-0.2, -0.15) is 4.79 Å². The Balaban J connectivity index is 2.81. The number of rotatable bonds is 3. The second-order valence-corrected chi connectivity index (χ2v) is 6.08. The van der Waals surface area contributed by atoms with E-state index < -0.39 is 22.4 Å². The standard InChI is InChI=1S/C14H24N2O4/c1-6-7-8-15-9-10-16(19,11(2)12(15)17)13(18)20-14(3,4)5/h6,11H,1,7-10H2,2-5H3/t11?,16-/m1/s1. The molecule has 1 aliphatic rings. The molecule has 0 aromatic carbocycles. The van der Waals surface area contributed by atoms with E-state index in [-0.39, 0.29) is 19.0 Å². The van der Waals surface area contributed by atoms with Crippen LogP contribution in [0.15, 0.2) is 12.7 Å². The van der Waals surface area contributed by atoms with Gasteiger partial charge in [0, 0.05) is 6.54 Å². The smallest absolute Gasteiger partial charge is 0.517 e. The number of hydroxylamine groups is 3. The average molecular weight is 284 g/mol. The number of hydrogen-bond donors (Lipinski definition) is 0. The van der Waals surface area contributed by atoms with Crippen molar-refractivity contribution in [2.24, 2.45) is 0 Å². The van der Waals surface area contributed by atoms with Gasteiger partial charge in [-0.1, -0.05) is 6.08 Å². The first-order valence-corrected chi connectivity index (χ1v) is 6.84. The molecule has 0 bridgehead atoms. The second-order valence-electron chi connectivity index (χ2n) is 6.08. The van der Waals surface area contributed by atoms with Crippen LogP contribution in [0, 0.1) is 5.21 Å². The van der Waals surface area contributed by atoms with Gasteiger partial charge in [0.25, 0.3) is 5.91 Å². The molecule has 1 rings (SSSR count). The Bertz CT molecular complexity index is 402. The van der Waals surface area contributed by atoms with Crippen LogP contribution in [-0.2, 0) is 9.53 Å². The third kappa shape index (κ3) is 3.58. The highest BCUT2D eigenvalue weighted by molar-refractivity contribution is 5.83. The summed E-state index contributed by atoms with van der Waals surface area (Å²) >= 11 is 0. The largest absolute Gasteiger partial charge is 0.622 e. The molecule has 6 heteroatoms. The number of piperazine rings is 1. The predicted octanol–water partition coefficient (Wildman–Crippen LogP) is 2.04. The highest BCUT2D eigenvalue weighted by atomic mass is 16.7. The molecular formula is C14H24N2O4. The van der Waals surface area contributed by atoms with Crippen LogP contribution in [0.3, 0.4) is 0 Å². The highest BCUT2D eigenvalue weighted by Gasteiger charge is 2.46. The molecule has 6 nitrogen and oxygen atoms in total. The Morgan fingerprint density at radius 2 is 2.20 bits per heavy atom. The van der Waals surface area contributed by atoms with Crippen molar-refractivity contribution in [3.63, 3.8) is 0 Å². The Morgan fingerprint density at radius 1 is 1.60 bits per heavy atom. The van der Waals surface area contributed by atoms with E-state index in [1.165, 1.54) is 6.92 Å². The molecule has 0 radical (unpaired) electrons. The SMILES string of the molecule is C=CCCN1CC[N@+]([O-])(C(=O)OC(C)(C)C)C(C)C1=O. The molecule has 0 aliphatic carbocycles. The summed E-state index contributed by atoms with van der Waals surface area (Å²) in [6.07, 6.45) is 1.51. The number of hydrogen-bond acceptors (Lipinski definition) is 4. The monoisotopic (exact) mass is 284 g/mol. The molecule has 0 spiro atoms. The maximum absolute atomic E-state index is 12.7. The Hall–Kier alpha value is -1.40. The summed E-state index contributed by atoms with van der Waals surface area (Å²) in [5, 5.41) is 12.7. The van der Waals surface area contributed by atoms with Crippen LogP contribution >= 0.6 is 0 Å². The molecule has 114 valence electrons. The maximum Gasteiger partial charge on any atom is 0.517 e. The van der Waals surface area contributed by atoms with Crippen molar-refractivity contribution in [1.29, 1.82) is 0 Å². The van der Waals surface area contributed by atoms with Crippen molar-refractivity contribution in [2.45, 2.75) is 45.8 Å². The number of ether oxygens (including phenoxy) is 1. The van der Waals surface area contributed by atoms with Gasteiger partial charge in [0.05, 0.1) is 6.54 Å². The fraction of sp³-hybridized carbons (Fsp3) is 0.714. The van der Waals surface area contributed by atoms with Gasteiger partial charge in [-0.25, -0.2) is 4.65 Å². The van der Waals surface area contributed by atoms with E-state index in [4.69, 9.17) is 4.74 Å². The zero-order valence-electron chi connectivity index (χ0n) is 12.7. The number of nitrogens with zero attached hydrogens (tertiary/aromatic N) is 2. The fourth-order valence-electron chi connectivity index (χ4n) is 2.07. The summed E-state index contributed by atoms with van der Waals surface area (Å²) in [6.45, 7) is 11.0. The Morgan fingerprint density at radius 3 is 2.70 bits per heavy atom. The topological polar surface area (TPSA) is 69.7 Å². The van der Waals surface area contributed by atoms with E-state index in [0.717, 1.165) is 0 Å². The molecule has 0 saturated carbocycles. The number of quaternary nitrogens is 1. The summed E-state index contributed by atoms with van der Waals surface area (Å²) in [6, 6.07) is -0.969. The Kier molecular flexibility index (Phi) is 4.94. The van der Waals surface area contributed by atoms with E-state index in [0.29, 0.717) is 13.0 Å². The van der Waals surface area contributed by atoms with Gasteiger partial charge in [0.15, 0.2) is 6.04 Å². The lowest BCUT2D eigenvalue weighted by Gasteiger charge is -2.48. The maximum atomic E-state index is 12.7. The summed E-state index contributed by atoms with van der Waals surface area (Å²) in [7, 11) is 0. The van der Waals surface area contributed by atoms with Crippen LogP contribution in [0.2, 0.25) is 0 Å². The van der Waals surface area contributed by atoms with Crippen molar-refractivity contribution in [3.05, 3.63) is 17.9 Å². The van der Waals surface area contributed by atoms with Gasteiger partial charge in [0.2, 0.25) is 0 Å². The van der Waals surface area contributed by atoms with Crippen LogP contribution in [0.1, 0.15) is 34.1 Å². The van der Waals surface area contributed by atoms with Crippen LogP contribution in [-0.4, -0.2) is 52.8 Å². The van der Waals surface area contributed by atoms with Crippen LogP contribution in [0.4, 0.5) is 4.79 Å². The summed E-state index contributed by atoms with van der Waals surface area (Å²) < 4.78 is 3.91. The minimum atomic E-state index is -1.24. The zero-order valence-corrected chi connectivity index (χ0v) is 12.7. The third-order valence-electron chi connectivity index (χ3n) is 3.30. The molecule has 2 atom stereocenters. The molecule has 0 N–H and O–H groups in total. The molecule has 1 saturated heterocycles. The van der Waals surface area contributed by atoms with E-state index in [9.17, 15) is 14.8 Å². The predicted molar refractivity (Wildman–Crippen MR) is 75.6 cm³/mol. The number of amides is 2. The average Bonchev–Trinajstić information content (AvgIpc) is 2.33. The quantitative estimate of drug-likeness (QED) is 0.452. The lowest BCUT2D eigenvalue weighted by Crippen LogP contribution is -2.67. The van der Waals surface area contributed by atoms with Crippen molar-refractivity contribution >= 4 is 12.0 Å². The van der Waals surface area contributed by atoms with Gasteiger partial charge in [-0.15, -0.1) is 6.58 Å². The zero-order chi connectivity index (χ0) is 15.6. The lowest BCUT2D eigenvalue weighted by molar-refractivity contribution is -0.827. The molecule has 2 amide bonds. The van der Waals surface area contributed by atoms with Gasteiger partial charge in [-0.3, -0.25) is 4.79 Å². The number of carbonyl (C=O) groups excluding carboxylic acids is 2.